The zero-order valence-electron chi connectivity index (χ0n) is 11.8. The van der Waals surface area contributed by atoms with Crippen LogP contribution in [0.2, 0.25) is 0 Å². The maximum absolute atomic E-state index is 12.1. The summed E-state index contributed by atoms with van der Waals surface area (Å²) in [7, 11) is 0. The first-order valence-electron chi connectivity index (χ1n) is 6.72. The first-order chi connectivity index (χ1) is 10.2. The van der Waals surface area contributed by atoms with Crippen LogP contribution in [0.1, 0.15) is 32.1 Å². The number of carbonyl (C=O) groups is 1. The summed E-state index contributed by atoms with van der Waals surface area (Å²) in [6, 6.07) is 11.7. The molecule has 0 aliphatic carbocycles. The van der Waals surface area contributed by atoms with E-state index in [9.17, 15) is 4.79 Å². The van der Waals surface area contributed by atoms with Crippen LogP contribution in [0.3, 0.4) is 0 Å². The molecule has 0 spiro atoms. The lowest BCUT2D eigenvalue weighted by Gasteiger charge is -2.04. The van der Waals surface area contributed by atoms with E-state index in [1.54, 1.807) is 6.07 Å². The monoisotopic (exact) mass is 299 g/mol. The number of hydrogen-bond donors (Lipinski definition) is 2. The van der Waals surface area contributed by atoms with Crippen molar-refractivity contribution in [3.05, 3.63) is 57.3 Å². The summed E-state index contributed by atoms with van der Waals surface area (Å²) >= 11 is 1.36. The summed E-state index contributed by atoms with van der Waals surface area (Å²) in [6.45, 7) is 2.61. The van der Waals surface area contributed by atoms with Gasteiger partial charge >= 0.3 is 0 Å². The maximum Gasteiger partial charge on any atom is 0.261 e. The largest absolute Gasteiger partial charge is 0.395 e. The lowest BCUT2D eigenvalue weighted by molar-refractivity contribution is 0.0955. The molecular weight excluding hydrogens is 282 g/mol. The second-order valence-electron chi connectivity index (χ2n) is 4.61. The molecule has 0 atom stereocenters. The number of aliphatic hydroxyl groups is 1. The number of thiophene rings is 1. The van der Waals surface area contributed by atoms with Crippen LogP contribution in [0, 0.1) is 18.8 Å². The van der Waals surface area contributed by atoms with E-state index >= 15 is 0 Å². The second-order valence-corrected chi connectivity index (χ2v) is 5.69. The van der Waals surface area contributed by atoms with Crippen molar-refractivity contribution in [2.75, 3.05) is 6.61 Å². The van der Waals surface area contributed by atoms with Gasteiger partial charge in [0.2, 0.25) is 0 Å². The van der Waals surface area contributed by atoms with Gasteiger partial charge in [-0.2, -0.15) is 0 Å². The highest BCUT2D eigenvalue weighted by Gasteiger charge is 2.08. The summed E-state index contributed by atoms with van der Waals surface area (Å²) in [5.74, 6) is 5.69. The normalized spacial score (nSPS) is 9.81. The van der Waals surface area contributed by atoms with Crippen molar-refractivity contribution in [1.29, 1.82) is 0 Å². The third-order valence-corrected chi connectivity index (χ3v) is 3.81. The fourth-order valence-electron chi connectivity index (χ4n) is 1.82. The predicted molar refractivity (Wildman–Crippen MR) is 85.2 cm³/mol. The van der Waals surface area contributed by atoms with Gasteiger partial charge in [-0.05, 0) is 24.6 Å². The number of rotatable bonds is 4. The van der Waals surface area contributed by atoms with Gasteiger partial charge in [0.1, 0.15) is 0 Å². The summed E-state index contributed by atoms with van der Waals surface area (Å²) in [6.07, 6.45) is 0.451. The third-order valence-electron chi connectivity index (χ3n) is 2.81. The Hall–Kier alpha value is -2.09. The van der Waals surface area contributed by atoms with Crippen LogP contribution in [-0.4, -0.2) is 17.6 Å². The van der Waals surface area contributed by atoms with E-state index in [1.807, 2.05) is 31.2 Å². The van der Waals surface area contributed by atoms with Crippen molar-refractivity contribution in [3.63, 3.8) is 0 Å². The molecule has 0 aliphatic heterocycles. The number of aryl methyl sites for hydroxylation is 1. The molecule has 1 amide bonds. The quantitative estimate of drug-likeness (QED) is 0.853. The molecule has 1 heterocycles. The maximum atomic E-state index is 12.1. The second kappa shape index (κ2) is 7.63. The summed E-state index contributed by atoms with van der Waals surface area (Å²) in [4.78, 5) is 13.5. The van der Waals surface area contributed by atoms with E-state index in [2.05, 4.69) is 23.2 Å². The van der Waals surface area contributed by atoms with Crippen molar-refractivity contribution in [3.8, 4) is 11.8 Å². The minimum atomic E-state index is -0.0864. The first kappa shape index (κ1) is 15.3. The van der Waals surface area contributed by atoms with Crippen LogP contribution in [0.5, 0.6) is 0 Å². The minimum Gasteiger partial charge on any atom is -0.395 e. The molecule has 3 nitrogen and oxygen atoms in total. The Balaban J connectivity index is 1.93. The van der Waals surface area contributed by atoms with Crippen molar-refractivity contribution in [1.82, 2.24) is 5.32 Å². The highest BCUT2D eigenvalue weighted by Crippen LogP contribution is 2.15. The predicted octanol–water partition coefficient (Wildman–Crippen LogP) is 2.72. The molecule has 0 fully saturated rings. The Morgan fingerprint density at radius 3 is 2.95 bits per heavy atom. The van der Waals surface area contributed by atoms with Gasteiger partial charge in [-0.3, -0.25) is 4.79 Å². The lowest BCUT2D eigenvalue weighted by atomic mass is 10.1. The SMILES string of the molecule is Cc1cccc(CNC(=O)c2ccc(C#CCCO)s2)c1. The Bertz CT molecular complexity index is 679. The van der Waals surface area contributed by atoms with Crippen LogP contribution in [0.25, 0.3) is 0 Å². The molecule has 2 N–H and O–H groups in total. The highest BCUT2D eigenvalue weighted by molar-refractivity contribution is 7.14. The Kier molecular flexibility index (Phi) is 5.56. The zero-order valence-corrected chi connectivity index (χ0v) is 12.7. The Labute approximate surface area is 128 Å². The van der Waals surface area contributed by atoms with Crippen molar-refractivity contribution < 1.29 is 9.90 Å². The molecule has 1 aromatic carbocycles. The van der Waals surface area contributed by atoms with Gasteiger partial charge in [-0.25, -0.2) is 0 Å². The number of aliphatic hydroxyl groups excluding tert-OH is 1. The van der Waals surface area contributed by atoms with E-state index in [0.29, 0.717) is 17.8 Å². The summed E-state index contributed by atoms with van der Waals surface area (Å²) < 4.78 is 0. The lowest BCUT2D eigenvalue weighted by Crippen LogP contribution is -2.21. The number of hydrogen-bond acceptors (Lipinski definition) is 3. The number of nitrogens with one attached hydrogen (secondary N) is 1. The van der Waals surface area contributed by atoms with Crippen LogP contribution >= 0.6 is 11.3 Å². The Morgan fingerprint density at radius 2 is 2.19 bits per heavy atom. The summed E-state index contributed by atoms with van der Waals surface area (Å²) in [5.41, 5.74) is 2.27. The van der Waals surface area contributed by atoms with E-state index in [1.165, 1.54) is 16.9 Å². The molecule has 0 bridgehead atoms. The van der Waals surface area contributed by atoms with Crippen molar-refractivity contribution in [2.24, 2.45) is 0 Å². The van der Waals surface area contributed by atoms with Gasteiger partial charge in [-0.15, -0.1) is 11.3 Å². The smallest absolute Gasteiger partial charge is 0.261 e. The average Bonchev–Trinajstić information content (AvgIpc) is 2.94. The third kappa shape index (κ3) is 4.75. The highest BCUT2D eigenvalue weighted by atomic mass is 32.1. The molecule has 4 heteroatoms. The number of benzene rings is 1. The van der Waals surface area contributed by atoms with E-state index < -0.39 is 0 Å². The van der Waals surface area contributed by atoms with E-state index in [-0.39, 0.29) is 12.5 Å². The molecular formula is C17H17NO2S. The number of carbonyl (C=O) groups excluding carboxylic acids is 1. The van der Waals surface area contributed by atoms with E-state index in [4.69, 9.17) is 5.11 Å². The fraction of sp³-hybridized carbons (Fsp3) is 0.235. The molecule has 2 aromatic rings. The molecule has 0 saturated heterocycles. The molecule has 0 aliphatic rings. The van der Waals surface area contributed by atoms with Gasteiger partial charge in [0.05, 0.1) is 16.4 Å². The van der Waals surface area contributed by atoms with Gasteiger partial charge < -0.3 is 10.4 Å². The van der Waals surface area contributed by atoms with Crippen molar-refractivity contribution in [2.45, 2.75) is 19.9 Å². The molecule has 108 valence electrons. The van der Waals surface area contributed by atoms with Crippen LogP contribution in [-0.2, 0) is 6.54 Å². The molecule has 0 radical (unpaired) electrons. The molecule has 21 heavy (non-hydrogen) atoms. The minimum absolute atomic E-state index is 0.0577. The Morgan fingerprint density at radius 1 is 1.33 bits per heavy atom. The van der Waals surface area contributed by atoms with Gasteiger partial charge in [0.15, 0.2) is 0 Å². The standard InChI is InChI=1S/C17H17NO2S/c1-13-5-4-6-14(11-13)12-18-17(20)16-9-8-15(21-16)7-2-3-10-19/h4-6,8-9,11,19H,3,10,12H2,1H3,(H,18,20). The van der Waals surface area contributed by atoms with Crippen LogP contribution in [0.4, 0.5) is 0 Å². The van der Waals surface area contributed by atoms with E-state index in [0.717, 1.165) is 10.4 Å². The average molecular weight is 299 g/mol. The zero-order chi connectivity index (χ0) is 15.1. The van der Waals surface area contributed by atoms with Crippen LogP contribution < -0.4 is 5.32 Å². The fourth-order valence-corrected chi connectivity index (χ4v) is 2.62. The summed E-state index contributed by atoms with van der Waals surface area (Å²) in [5, 5.41) is 11.6. The van der Waals surface area contributed by atoms with Crippen molar-refractivity contribution >= 4 is 17.2 Å². The molecule has 0 saturated carbocycles. The number of amides is 1. The molecule has 2 rings (SSSR count). The first-order valence-corrected chi connectivity index (χ1v) is 7.54. The van der Waals surface area contributed by atoms with Gasteiger partial charge in [-0.1, -0.05) is 41.7 Å². The molecule has 1 aromatic heterocycles. The van der Waals surface area contributed by atoms with Crippen LogP contribution in [0.15, 0.2) is 36.4 Å². The van der Waals surface area contributed by atoms with Gasteiger partial charge in [0.25, 0.3) is 5.91 Å². The van der Waals surface area contributed by atoms with Gasteiger partial charge in [0, 0.05) is 13.0 Å². The topological polar surface area (TPSA) is 49.3 Å². The molecule has 0 unspecified atom stereocenters.